The highest BCUT2D eigenvalue weighted by Crippen LogP contribution is 2.43. The molecule has 88 heavy (non-hydrogen) atoms. The van der Waals surface area contributed by atoms with Crippen molar-refractivity contribution in [1.82, 2.24) is 0 Å². The number of hydrogen-bond donors (Lipinski definition) is 1. The molecule has 2 atom stereocenters. The third-order valence-electron chi connectivity index (χ3n) is 16.7. The monoisotopic (exact) mass is 1260 g/mol. The molecule has 0 rings (SSSR count). The summed E-state index contributed by atoms with van der Waals surface area (Å²) >= 11 is 0. The summed E-state index contributed by atoms with van der Waals surface area (Å²) < 4.78 is 34.8. The van der Waals surface area contributed by atoms with E-state index in [1.807, 2.05) is 21.1 Å². The predicted octanol–water partition coefficient (Wildman–Crippen LogP) is 24.7. The van der Waals surface area contributed by atoms with Gasteiger partial charge in [0, 0.05) is 12.8 Å². The first kappa shape index (κ1) is 85.5. The van der Waals surface area contributed by atoms with E-state index in [0.29, 0.717) is 17.4 Å². The summed E-state index contributed by atoms with van der Waals surface area (Å²) in [7, 11) is 1.49. The Kier molecular flexibility index (Phi) is 66.8. The smallest absolute Gasteiger partial charge is 0.462 e. The van der Waals surface area contributed by atoms with Crippen LogP contribution in [-0.2, 0) is 32.7 Å². The number of esters is 2. The second-order valence-corrected chi connectivity index (χ2v) is 28.1. The number of unbranched alkanes of at least 4 members (excludes halogenated alkanes) is 44. The summed E-state index contributed by atoms with van der Waals surface area (Å²) in [5.41, 5.74) is 0. The molecule has 0 spiro atoms. The van der Waals surface area contributed by atoms with Gasteiger partial charge in [-0.25, -0.2) is 4.57 Å². The fraction of sp³-hybridized carbons (Fsp3) is 0.821. The number of nitrogens with zero attached hydrogens (tertiary/aromatic N) is 1. The Labute approximate surface area is 546 Å². The molecular formula is C78H145NO8P+. The lowest BCUT2D eigenvalue weighted by Crippen LogP contribution is -2.37. The molecule has 10 heteroatoms. The Bertz CT molecular complexity index is 1710. The highest BCUT2D eigenvalue weighted by molar-refractivity contribution is 7.47. The molecule has 0 heterocycles. The van der Waals surface area contributed by atoms with Gasteiger partial charge in [-0.2, -0.15) is 0 Å². The van der Waals surface area contributed by atoms with E-state index < -0.39 is 26.5 Å². The molecule has 0 aliphatic heterocycles. The van der Waals surface area contributed by atoms with Crippen molar-refractivity contribution in [2.75, 3.05) is 47.5 Å². The van der Waals surface area contributed by atoms with Gasteiger partial charge in [-0.1, -0.05) is 337 Å². The minimum Gasteiger partial charge on any atom is -0.462 e. The van der Waals surface area contributed by atoms with Gasteiger partial charge in [0.15, 0.2) is 6.10 Å². The van der Waals surface area contributed by atoms with E-state index in [9.17, 15) is 19.0 Å². The topological polar surface area (TPSA) is 108 Å². The minimum atomic E-state index is -4.39. The Morgan fingerprint density at radius 2 is 0.648 bits per heavy atom. The van der Waals surface area contributed by atoms with Gasteiger partial charge in [0.1, 0.15) is 19.8 Å². The van der Waals surface area contributed by atoms with Gasteiger partial charge in [0.05, 0.1) is 27.7 Å². The van der Waals surface area contributed by atoms with Crippen LogP contribution in [0.1, 0.15) is 361 Å². The van der Waals surface area contributed by atoms with Crippen LogP contribution in [0.3, 0.4) is 0 Å². The Morgan fingerprint density at radius 1 is 0.364 bits per heavy atom. The summed E-state index contributed by atoms with van der Waals surface area (Å²) in [6.07, 6.45) is 93.2. The number of quaternary nitrogens is 1. The first-order chi connectivity index (χ1) is 43.0. The number of carbonyl (C=O) groups is 2. The maximum atomic E-state index is 12.9. The Balaban J connectivity index is 3.90. The molecular weight excluding hydrogens is 1110 g/mol. The van der Waals surface area contributed by atoms with Crippen molar-refractivity contribution >= 4 is 19.8 Å². The van der Waals surface area contributed by atoms with Crippen LogP contribution in [-0.4, -0.2) is 74.9 Å². The van der Waals surface area contributed by atoms with Gasteiger partial charge in [0.2, 0.25) is 0 Å². The van der Waals surface area contributed by atoms with Crippen LogP contribution < -0.4 is 0 Å². The lowest BCUT2D eigenvalue weighted by atomic mass is 10.0. The zero-order chi connectivity index (χ0) is 64.1. The molecule has 0 amide bonds. The van der Waals surface area contributed by atoms with Gasteiger partial charge in [-0.15, -0.1) is 0 Å². The average Bonchev–Trinajstić information content (AvgIpc) is 3.58. The number of likely N-dealkylation sites (N-methyl/N-ethyl adjacent to an activating group) is 1. The van der Waals surface area contributed by atoms with Gasteiger partial charge in [-0.05, 0) is 83.5 Å². The molecule has 1 N–H and O–H groups in total. The van der Waals surface area contributed by atoms with E-state index in [1.165, 1.54) is 263 Å². The number of phosphoric ester groups is 1. The minimum absolute atomic E-state index is 0.0324. The molecule has 0 fully saturated rings. The van der Waals surface area contributed by atoms with Crippen LogP contribution in [0.5, 0.6) is 0 Å². The first-order valence-corrected chi connectivity index (χ1v) is 39.2. The highest BCUT2D eigenvalue weighted by Gasteiger charge is 2.27. The zero-order valence-electron chi connectivity index (χ0n) is 58.7. The number of ether oxygens (including phenoxy) is 2. The first-order valence-electron chi connectivity index (χ1n) is 37.7. The van der Waals surface area contributed by atoms with E-state index >= 15 is 0 Å². The van der Waals surface area contributed by atoms with Crippen molar-refractivity contribution in [1.29, 1.82) is 0 Å². The quantitative estimate of drug-likeness (QED) is 0.0211. The summed E-state index contributed by atoms with van der Waals surface area (Å²) in [6.45, 7) is 4.36. The van der Waals surface area contributed by atoms with Crippen molar-refractivity contribution in [3.63, 3.8) is 0 Å². The summed E-state index contributed by atoms with van der Waals surface area (Å²) in [5.74, 6) is -0.782. The Hall–Kier alpha value is -2.55. The van der Waals surface area contributed by atoms with E-state index in [4.69, 9.17) is 18.5 Å². The van der Waals surface area contributed by atoms with Crippen molar-refractivity contribution < 1.29 is 42.1 Å². The van der Waals surface area contributed by atoms with Crippen LogP contribution in [0.25, 0.3) is 0 Å². The molecule has 0 bridgehead atoms. The maximum Gasteiger partial charge on any atom is 0.472 e. The van der Waals surface area contributed by atoms with Crippen LogP contribution in [0.15, 0.2) is 72.9 Å². The zero-order valence-corrected chi connectivity index (χ0v) is 59.6. The SMILES string of the molecule is CC/C=C\C/C=C\C/C=C\C/C=C\CCCCCCCCCCCCCCCCCCCCCCCCCCCCCCC(=O)OC(COC(=O)CCCCCCCCCCCCC/C=C\C/C=C\CCCCCCC)COP(=O)(O)OCC[N+](C)(C)C. The molecule has 0 saturated heterocycles. The van der Waals surface area contributed by atoms with Crippen molar-refractivity contribution in [2.24, 2.45) is 0 Å². The molecule has 0 radical (unpaired) electrons. The van der Waals surface area contributed by atoms with Gasteiger partial charge >= 0.3 is 19.8 Å². The molecule has 514 valence electrons. The molecule has 0 saturated carbocycles. The van der Waals surface area contributed by atoms with Gasteiger partial charge < -0.3 is 18.9 Å². The molecule has 0 aromatic carbocycles. The third-order valence-corrected chi connectivity index (χ3v) is 17.7. The molecule has 0 aliphatic rings. The van der Waals surface area contributed by atoms with Gasteiger partial charge in [0.25, 0.3) is 0 Å². The van der Waals surface area contributed by atoms with E-state index in [1.54, 1.807) is 0 Å². The number of carbonyl (C=O) groups excluding carboxylic acids is 2. The predicted molar refractivity (Wildman–Crippen MR) is 381 cm³/mol. The molecule has 2 unspecified atom stereocenters. The summed E-state index contributed by atoms with van der Waals surface area (Å²) in [6, 6.07) is 0. The van der Waals surface area contributed by atoms with Crippen molar-refractivity contribution in [3.05, 3.63) is 72.9 Å². The highest BCUT2D eigenvalue weighted by atomic mass is 31.2. The lowest BCUT2D eigenvalue weighted by molar-refractivity contribution is -0.870. The van der Waals surface area contributed by atoms with E-state index in [2.05, 4.69) is 86.8 Å². The molecule has 0 aliphatic carbocycles. The van der Waals surface area contributed by atoms with Crippen molar-refractivity contribution in [2.45, 2.75) is 367 Å². The second kappa shape index (κ2) is 68.8. The Morgan fingerprint density at radius 3 is 0.966 bits per heavy atom. The standard InChI is InChI=1S/C78H144NO8P/c1-6-8-10-12-14-16-18-20-22-24-26-28-30-31-32-33-34-35-36-37-38-39-40-41-42-43-44-45-46-47-49-51-53-55-57-59-61-63-65-67-69-71-78(81)87-76(75-86-88(82,83)85-73-72-79(3,4)5)74-84-77(80)70-68-66-64-62-60-58-56-54-52-50-48-29-27-25-23-21-19-17-15-13-11-9-7-2/h8,10,14,16,19-22,25-28,76H,6-7,9,11-13,15,17-18,23-24,29-75H2,1-5H3/p+1/b10-8-,16-14-,21-19-,22-20-,27-25-,28-26-. The van der Waals surface area contributed by atoms with E-state index in [-0.39, 0.29) is 32.0 Å². The third kappa shape index (κ3) is 72.5. The van der Waals surface area contributed by atoms with Crippen LogP contribution >= 0.6 is 7.82 Å². The number of phosphoric acid groups is 1. The fourth-order valence-electron chi connectivity index (χ4n) is 11.0. The van der Waals surface area contributed by atoms with Crippen molar-refractivity contribution in [3.8, 4) is 0 Å². The van der Waals surface area contributed by atoms with Crippen LogP contribution in [0, 0.1) is 0 Å². The van der Waals surface area contributed by atoms with Gasteiger partial charge in [-0.3, -0.25) is 18.6 Å². The molecule has 9 nitrogen and oxygen atoms in total. The molecule has 0 aromatic rings. The molecule has 0 aromatic heterocycles. The summed E-state index contributed by atoms with van der Waals surface area (Å²) in [4.78, 5) is 35.9. The van der Waals surface area contributed by atoms with E-state index in [0.717, 1.165) is 64.2 Å². The largest absolute Gasteiger partial charge is 0.472 e. The second-order valence-electron chi connectivity index (χ2n) is 26.7. The number of allylic oxidation sites excluding steroid dienone is 12. The van der Waals surface area contributed by atoms with Crippen LogP contribution in [0.4, 0.5) is 0 Å². The number of hydrogen-bond acceptors (Lipinski definition) is 7. The maximum absolute atomic E-state index is 12.9. The lowest BCUT2D eigenvalue weighted by Gasteiger charge is -2.24. The van der Waals surface area contributed by atoms with Crippen LogP contribution in [0.2, 0.25) is 0 Å². The normalized spacial score (nSPS) is 13.5. The average molecular weight is 1260 g/mol. The summed E-state index contributed by atoms with van der Waals surface area (Å²) in [5, 5.41) is 0. The number of rotatable bonds is 70. The fourth-order valence-corrected chi connectivity index (χ4v) is 11.7.